The number of thiazole rings is 1. The maximum absolute atomic E-state index is 13.6. The van der Waals surface area contributed by atoms with E-state index in [0.29, 0.717) is 39.0 Å². The molecule has 0 spiro atoms. The molecule has 0 radical (unpaired) electrons. The molecule has 1 aliphatic rings. The quantitative estimate of drug-likeness (QED) is 0.212. The minimum Gasteiger partial charge on any atom is -0.507 e. The molecule has 4 aromatic rings. The zero-order chi connectivity index (χ0) is 26.3. The Balaban J connectivity index is 1.79. The number of aliphatic hydroxyl groups is 1. The first-order valence-corrected chi connectivity index (χ1v) is 12.2. The van der Waals surface area contributed by atoms with Crippen LogP contribution in [0.25, 0.3) is 16.0 Å². The maximum atomic E-state index is 13.6. The van der Waals surface area contributed by atoms with Gasteiger partial charge in [0.05, 0.1) is 37.1 Å². The first-order chi connectivity index (χ1) is 17.9. The van der Waals surface area contributed by atoms with Gasteiger partial charge < -0.3 is 19.3 Å². The molecule has 1 aromatic heterocycles. The molecule has 1 saturated heterocycles. The number of amides is 1. The highest BCUT2D eigenvalue weighted by molar-refractivity contribution is 7.22. The minimum atomic E-state index is -1.02. The first kappa shape index (κ1) is 24.3. The molecule has 1 unspecified atom stereocenters. The topological polar surface area (TPSA) is 98.2 Å². The average Bonchev–Trinajstić information content (AvgIpc) is 3.45. The molecule has 8 nitrogen and oxygen atoms in total. The normalized spacial score (nSPS) is 16.9. The number of nitrogens with zero attached hydrogens (tertiary/aromatic N) is 2. The lowest BCUT2D eigenvalue weighted by Gasteiger charge is -2.25. The number of carbonyl (C=O) groups is 2. The Hall–Kier alpha value is -4.37. The van der Waals surface area contributed by atoms with Gasteiger partial charge in [0, 0.05) is 11.1 Å². The van der Waals surface area contributed by atoms with E-state index in [0.717, 1.165) is 10.3 Å². The van der Waals surface area contributed by atoms with Crippen molar-refractivity contribution in [1.82, 2.24) is 4.98 Å². The molecule has 0 saturated carbocycles. The van der Waals surface area contributed by atoms with Crippen molar-refractivity contribution in [3.05, 3.63) is 82.9 Å². The third-order valence-electron chi connectivity index (χ3n) is 6.26. The maximum Gasteiger partial charge on any atom is 0.301 e. The number of fused-ring (bicyclic) bond motifs is 1. The summed E-state index contributed by atoms with van der Waals surface area (Å²) in [5.41, 5.74) is 2.48. The third kappa shape index (κ3) is 4.17. The predicted molar refractivity (Wildman–Crippen MR) is 142 cm³/mol. The van der Waals surface area contributed by atoms with Crippen molar-refractivity contribution in [3.63, 3.8) is 0 Å². The summed E-state index contributed by atoms with van der Waals surface area (Å²) in [6.45, 7) is 1.97. The second kappa shape index (κ2) is 9.59. The van der Waals surface area contributed by atoms with E-state index in [-0.39, 0.29) is 11.3 Å². The van der Waals surface area contributed by atoms with Gasteiger partial charge in [-0.3, -0.25) is 14.5 Å². The molecular formula is C28H24N2O6S. The molecule has 3 aromatic carbocycles. The highest BCUT2D eigenvalue weighted by atomic mass is 32.1. The number of hydrogen-bond acceptors (Lipinski definition) is 8. The van der Waals surface area contributed by atoms with Crippen molar-refractivity contribution in [3.8, 4) is 17.2 Å². The number of Topliss-reactive ketones (excluding diaryl/α,β-unsaturated/α-hetero) is 1. The van der Waals surface area contributed by atoms with Crippen molar-refractivity contribution >= 4 is 44.1 Å². The van der Waals surface area contributed by atoms with E-state index in [1.54, 1.807) is 42.5 Å². The van der Waals surface area contributed by atoms with Crippen LogP contribution >= 0.6 is 11.3 Å². The molecule has 37 heavy (non-hydrogen) atoms. The van der Waals surface area contributed by atoms with Crippen LogP contribution < -0.4 is 19.1 Å². The van der Waals surface area contributed by atoms with E-state index in [1.807, 2.05) is 25.1 Å². The highest BCUT2D eigenvalue weighted by Gasteiger charge is 2.49. The molecule has 1 atom stereocenters. The molecule has 0 bridgehead atoms. The van der Waals surface area contributed by atoms with Crippen molar-refractivity contribution in [2.24, 2.45) is 0 Å². The Morgan fingerprint density at radius 2 is 1.70 bits per heavy atom. The number of methoxy groups -OCH3 is 3. The third-order valence-corrected chi connectivity index (χ3v) is 7.28. The SMILES string of the molecule is COc1cccc(C(O)=C2C(=O)C(=O)N(c3nc4ccc(C)cc4s3)C2c2cc(OC)ccc2OC)c1. The number of rotatable bonds is 6. The summed E-state index contributed by atoms with van der Waals surface area (Å²) < 4.78 is 17.2. The van der Waals surface area contributed by atoms with E-state index < -0.39 is 17.7 Å². The number of benzene rings is 3. The van der Waals surface area contributed by atoms with Gasteiger partial charge in [0.15, 0.2) is 5.13 Å². The Kier molecular flexibility index (Phi) is 6.31. The van der Waals surface area contributed by atoms with Crippen LogP contribution in [0.5, 0.6) is 17.2 Å². The molecule has 9 heteroatoms. The first-order valence-electron chi connectivity index (χ1n) is 11.4. The van der Waals surface area contributed by atoms with E-state index in [1.165, 1.54) is 37.6 Å². The van der Waals surface area contributed by atoms with Crippen LogP contribution in [0.1, 0.15) is 22.7 Å². The summed E-state index contributed by atoms with van der Waals surface area (Å²) in [5, 5.41) is 11.8. The predicted octanol–water partition coefficient (Wildman–Crippen LogP) is 5.26. The van der Waals surface area contributed by atoms with Gasteiger partial charge in [-0.05, 0) is 55.0 Å². The summed E-state index contributed by atoms with van der Waals surface area (Å²) in [5.74, 6) is -0.531. The van der Waals surface area contributed by atoms with Gasteiger partial charge in [0.1, 0.15) is 29.0 Å². The summed E-state index contributed by atoms with van der Waals surface area (Å²) in [7, 11) is 4.53. The largest absolute Gasteiger partial charge is 0.507 e. The molecule has 5 rings (SSSR count). The number of ether oxygens (including phenoxy) is 3. The molecule has 0 aliphatic carbocycles. The number of hydrogen-bond donors (Lipinski definition) is 1. The average molecular weight is 517 g/mol. The standard InChI is InChI=1S/C28H24N2O6S/c1-15-8-10-20-22(12-15)37-28(29-20)30-24(19-14-18(35-3)9-11-21(19)36-4)23(26(32)27(30)33)25(31)16-6-5-7-17(13-16)34-2/h5-14,24,31H,1-4H3. The van der Waals surface area contributed by atoms with Gasteiger partial charge >= 0.3 is 5.91 Å². The highest BCUT2D eigenvalue weighted by Crippen LogP contribution is 2.47. The van der Waals surface area contributed by atoms with E-state index >= 15 is 0 Å². The fraction of sp³-hybridized carbons (Fsp3) is 0.179. The van der Waals surface area contributed by atoms with Crippen LogP contribution in [0.3, 0.4) is 0 Å². The number of aromatic nitrogens is 1. The van der Waals surface area contributed by atoms with Crippen LogP contribution in [0.15, 0.2) is 66.2 Å². The molecule has 1 fully saturated rings. The van der Waals surface area contributed by atoms with Gasteiger partial charge in [-0.1, -0.05) is 29.5 Å². The van der Waals surface area contributed by atoms with E-state index in [4.69, 9.17) is 14.2 Å². The van der Waals surface area contributed by atoms with Gasteiger partial charge in [-0.25, -0.2) is 4.98 Å². The van der Waals surface area contributed by atoms with Crippen molar-refractivity contribution in [1.29, 1.82) is 0 Å². The van der Waals surface area contributed by atoms with Crippen LogP contribution in [-0.2, 0) is 9.59 Å². The molecule has 1 N–H and O–H groups in total. The van der Waals surface area contributed by atoms with Gasteiger partial charge in [0.2, 0.25) is 0 Å². The van der Waals surface area contributed by atoms with Crippen LogP contribution in [-0.4, -0.2) is 43.1 Å². The fourth-order valence-electron chi connectivity index (χ4n) is 4.43. The lowest BCUT2D eigenvalue weighted by molar-refractivity contribution is -0.132. The molecule has 1 amide bonds. The molecular weight excluding hydrogens is 492 g/mol. The number of anilines is 1. The van der Waals surface area contributed by atoms with Gasteiger partial charge in [0.25, 0.3) is 5.78 Å². The Bertz CT molecular complexity index is 1570. The smallest absolute Gasteiger partial charge is 0.301 e. The lowest BCUT2D eigenvalue weighted by atomic mass is 9.94. The van der Waals surface area contributed by atoms with Crippen LogP contribution in [0.4, 0.5) is 5.13 Å². The number of aliphatic hydroxyl groups excluding tert-OH is 1. The number of aryl methyl sites for hydroxylation is 1. The second-order valence-corrected chi connectivity index (χ2v) is 9.49. The van der Waals surface area contributed by atoms with E-state index in [2.05, 4.69) is 4.98 Å². The monoisotopic (exact) mass is 516 g/mol. The van der Waals surface area contributed by atoms with Gasteiger partial charge in [-0.15, -0.1) is 0 Å². The Labute approximate surface area is 217 Å². The van der Waals surface area contributed by atoms with Crippen molar-refractivity contribution in [2.75, 3.05) is 26.2 Å². The summed E-state index contributed by atoms with van der Waals surface area (Å²) >= 11 is 1.30. The summed E-state index contributed by atoms with van der Waals surface area (Å²) in [4.78, 5) is 33.1. The van der Waals surface area contributed by atoms with Crippen LogP contribution in [0.2, 0.25) is 0 Å². The Morgan fingerprint density at radius 1 is 0.946 bits per heavy atom. The molecule has 1 aliphatic heterocycles. The second-order valence-electron chi connectivity index (χ2n) is 8.48. The zero-order valence-corrected chi connectivity index (χ0v) is 21.5. The van der Waals surface area contributed by atoms with E-state index in [9.17, 15) is 14.7 Å². The summed E-state index contributed by atoms with van der Waals surface area (Å²) in [6, 6.07) is 16.5. The van der Waals surface area contributed by atoms with Crippen molar-refractivity contribution < 1.29 is 28.9 Å². The zero-order valence-electron chi connectivity index (χ0n) is 20.6. The van der Waals surface area contributed by atoms with Crippen molar-refractivity contribution in [2.45, 2.75) is 13.0 Å². The van der Waals surface area contributed by atoms with Gasteiger partial charge in [-0.2, -0.15) is 0 Å². The number of ketones is 1. The van der Waals surface area contributed by atoms with Crippen LogP contribution in [0, 0.1) is 6.92 Å². The molecule has 2 heterocycles. The molecule has 188 valence electrons. The Morgan fingerprint density at radius 3 is 2.43 bits per heavy atom. The number of carbonyl (C=O) groups excluding carboxylic acids is 2. The lowest BCUT2D eigenvalue weighted by Crippen LogP contribution is -2.29. The minimum absolute atomic E-state index is 0.0831. The summed E-state index contributed by atoms with van der Waals surface area (Å²) in [6.07, 6.45) is 0. The fourth-order valence-corrected chi connectivity index (χ4v) is 5.52.